The quantitative estimate of drug-likeness (QED) is 0.717. The number of sulfonamides is 1. The minimum atomic E-state index is -3.53. The fourth-order valence-electron chi connectivity index (χ4n) is 0.921. The van der Waals surface area contributed by atoms with Crippen LogP contribution in [0.15, 0.2) is 20.1 Å². The van der Waals surface area contributed by atoms with Crippen LogP contribution >= 0.6 is 27.3 Å². The standard InChI is InChI=1S/C8H10BrNO5S2/c9-6-1-2-8(16-6)17(13,14)10-3-4-15-5-7(11)12/h1-2,10H,3-5H2,(H,11,12). The number of nitrogens with one attached hydrogen (secondary N) is 1. The second-order valence-electron chi connectivity index (χ2n) is 2.90. The molecule has 1 aromatic rings. The van der Waals surface area contributed by atoms with Crippen LogP contribution in [0.1, 0.15) is 0 Å². The smallest absolute Gasteiger partial charge is 0.329 e. The van der Waals surface area contributed by atoms with E-state index in [-0.39, 0.29) is 17.4 Å². The molecule has 0 aliphatic heterocycles. The maximum atomic E-state index is 11.6. The van der Waals surface area contributed by atoms with Gasteiger partial charge < -0.3 is 9.84 Å². The summed E-state index contributed by atoms with van der Waals surface area (Å²) in [6, 6.07) is 3.12. The van der Waals surface area contributed by atoms with Crippen molar-refractivity contribution < 1.29 is 23.1 Å². The molecule has 1 heterocycles. The molecule has 0 aromatic carbocycles. The minimum absolute atomic E-state index is 0.0120. The van der Waals surface area contributed by atoms with Gasteiger partial charge >= 0.3 is 5.97 Å². The van der Waals surface area contributed by atoms with Crippen molar-refractivity contribution in [3.8, 4) is 0 Å². The predicted molar refractivity (Wildman–Crippen MR) is 65.7 cm³/mol. The summed E-state index contributed by atoms with van der Waals surface area (Å²) in [5, 5.41) is 8.29. The highest BCUT2D eigenvalue weighted by molar-refractivity contribution is 9.11. The van der Waals surface area contributed by atoms with Crippen LogP contribution in [0.5, 0.6) is 0 Å². The highest BCUT2D eigenvalue weighted by Crippen LogP contribution is 2.25. The normalized spacial score (nSPS) is 11.6. The average Bonchev–Trinajstić information content (AvgIpc) is 2.64. The van der Waals surface area contributed by atoms with Crippen molar-refractivity contribution in [2.24, 2.45) is 0 Å². The third-order valence-electron chi connectivity index (χ3n) is 1.58. The Hall–Kier alpha value is -0.480. The van der Waals surface area contributed by atoms with Crippen molar-refractivity contribution in [3.63, 3.8) is 0 Å². The Morgan fingerprint density at radius 3 is 2.76 bits per heavy atom. The molecule has 0 atom stereocenters. The molecule has 0 spiro atoms. The van der Waals surface area contributed by atoms with Crippen LogP contribution in [0, 0.1) is 0 Å². The number of halogens is 1. The summed E-state index contributed by atoms with van der Waals surface area (Å²) < 4.78 is 31.2. The number of hydrogen-bond donors (Lipinski definition) is 2. The monoisotopic (exact) mass is 343 g/mol. The van der Waals surface area contributed by atoms with E-state index >= 15 is 0 Å². The van der Waals surface area contributed by atoms with Crippen molar-refractivity contribution >= 4 is 43.3 Å². The summed E-state index contributed by atoms with van der Waals surface area (Å²) in [5.41, 5.74) is 0. The molecule has 0 amide bonds. The first-order valence-corrected chi connectivity index (χ1v) is 7.55. The maximum Gasteiger partial charge on any atom is 0.329 e. The predicted octanol–water partition coefficient (Wildman–Crippen LogP) is 0.890. The Balaban J connectivity index is 2.38. The van der Waals surface area contributed by atoms with E-state index < -0.39 is 22.6 Å². The molecule has 6 nitrogen and oxygen atoms in total. The number of hydrogen-bond acceptors (Lipinski definition) is 5. The van der Waals surface area contributed by atoms with Gasteiger partial charge in [0.05, 0.1) is 10.4 Å². The van der Waals surface area contributed by atoms with Gasteiger partial charge in [-0.2, -0.15) is 0 Å². The highest BCUT2D eigenvalue weighted by Gasteiger charge is 2.15. The summed E-state index contributed by atoms with van der Waals surface area (Å²) >= 11 is 4.26. The van der Waals surface area contributed by atoms with E-state index in [4.69, 9.17) is 9.84 Å². The molecule has 0 radical (unpaired) electrons. The maximum absolute atomic E-state index is 11.6. The minimum Gasteiger partial charge on any atom is -0.480 e. The van der Waals surface area contributed by atoms with E-state index in [2.05, 4.69) is 20.7 Å². The Morgan fingerprint density at radius 1 is 1.53 bits per heavy atom. The van der Waals surface area contributed by atoms with E-state index in [1.165, 1.54) is 6.07 Å². The van der Waals surface area contributed by atoms with E-state index in [0.717, 1.165) is 15.1 Å². The van der Waals surface area contributed by atoms with Gasteiger partial charge in [0.15, 0.2) is 0 Å². The van der Waals surface area contributed by atoms with Crippen molar-refractivity contribution in [2.75, 3.05) is 19.8 Å². The second-order valence-corrected chi connectivity index (χ2v) is 7.36. The first-order chi connectivity index (χ1) is 7.92. The van der Waals surface area contributed by atoms with Crippen LogP contribution in [0.25, 0.3) is 0 Å². The van der Waals surface area contributed by atoms with Crippen LogP contribution in [0.3, 0.4) is 0 Å². The molecule has 9 heteroatoms. The first-order valence-electron chi connectivity index (χ1n) is 4.46. The van der Waals surface area contributed by atoms with Gasteiger partial charge in [-0.05, 0) is 28.1 Å². The Kier molecular flexibility index (Phi) is 5.53. The number of thiophene rings is 1. The van der Waals surface area contributed by atoms with Gasteiger partial charge in [-0.25, -0.2) is 17.9 Å². The van der Waals surface area contributed by atoms with Crippen LogP contribution < -0.4 is 4.72 Å². The van der Waals surface area contributed by atoms with Gasteiger partial charge in [-0.15, -0.1) is 11.3 Å². The molecule has 1 rings (SSSR count). The lowest BCUT2D eigenvalue weighted by Gasteiger charge is -2.04. The summed E-state index contributed by atoms with van der Waals surface area (Å²) in [4.78, 5) is 10.1. The molecule has 0 aliphatic rings. The van der Waals surface area contributed by atoms with Crippen molar-refractivity contribution in [3.05, 3.63) is 15.9 Å². The van der Waals surface area contributed by atoms with Gasteiger partial charge in [0.2, 0.25) is 10.0 Å². The molecular formula is C8H10BrNO5S2. The van der Waals surface area contributed by atoms with Crippen molar-refractivity contribution in [1.82, 2.24) is 4.72 Å². The second kappa shape index (κ2) is 6.45. The lowest BCUT2D eigenvalue weighted by molar-refractivity contribution is -0.142. The molecular weight excluding hydrogens is 334 g/mol. The topological polar surface area (TPSA) is 92.7 Å². The molecule has 2 N–H and O–H groups in total. The zero-order valence-corrected chi connectivity index (χ0v) is 11.8. The van der Waals surface area contributed by atoms with Gasteiger partial charge in [-0.1, -0.05) is 0 Å². The fraction of sp³-hybridized carbons (Fsp3) is 0.375. The molecule has 0 aliphatic carbocycles. The highest BCUT2D eigenvalue weighted by atomic mass is 79.9. The van der Waals surface area contributed by atoms with Crippen molar-refractivity contribution in [2.45, 2.75) is 4.21 Å². The third-order valence-corrected chi connectivity index (χ3v) is 5.15. The van der Waals surface area contributed by atoms with E-state index in [1.54, 1.807) is 6.07 Å². The number of carboxylic acids is 1. The molecule has 0 bridgehead atoms. The average molecular weight is 344 g/mol. The largest absolute Gasteiger partial charge is 0.480 e. The number of aliphatic carboxylic acids is 1. The molecule has 1 aromatic heterocycles. The van der Waals surface area contributed by atoms with Gasteiger partial charge in [-0.3, -0.25) is 0 Å². The summed E-state index contributed by atoms with van der Waals surface area (Å²) in [5.74, 6) is -1.09. The lowest BCUT2D eigenvalue weighted by Crippen LogP contribution is -2.27. The van der Waals surface area contributed by atoms with Gasteiger partial charge in [0.25, 0.3) is 0 Å². The zero-order chi connectivity index (χ0) is 12.9. The van der Waals surface area contributed by atoms with Crippen LogP contribution in [0.4, 0.5) is 0 Å². The number of ether oxygens (including phenoxy) is 1. The summed E-state index contributed by atoms with van der Waals surface area (Å²) in [6.45, 7) is -0.393. The van der Waals surface area contributed by atoms with Crippen molar-refractivity contribution in [1.29, 1.82) is 0 Å². The summed E-state index contributed by atoms with van der Waals surface area (Å²) in [7, 11) is -3.53. The molecule has 0 saturated heterocycles. The van der Waals surface area contributed by atoms with E-state index in [9.17, 15) is 13.2 Å². The molecule has 0 saturated carbocycles. The van der Waals surface area contributed by atoms with E-state index in [1.807, 2.05) is 0 Å². The molecule has 0 fully saturated rings. The number of rotatable bonds is 7. The Labute approximate surface area is 111 Å². The molecule has 96 valence electrons. The molecule has 17 heavy (non-hydrogen) atoms. The van der Waals surface area contributed by atoms with Gasteiger partial charge in [0.1, 0.15) is 10.8 Å². The van der Waals surface area contributed by atoms with Crippen LogP contribution in [-0.2, 0) is 19.6 Å². The first kappa shape index (κ1) is 14.6. The van der Waals surface area contributed by atoms with Crippen LogP contribution in [0.2, 0.25) is 0 Å². The summed E-state index contributed by atoms with van der Waals surface area (Å²) in [6.07, 6.45) is 0. The zero-order valence-electron chi connectivity index (χ0n) is 8.55. The SMILES string of the molecule is O=C(O)COCCNS(=O)(=O)c1ccc(Br)s1. The number of carboxylic acid groups (broad SMARTS) is 1. The third kappa shape index (κ3) is 5.13. The molecule has 0 unspecified atom stereocenters. The fourth-order valence-corrected chi connectivity index (χ4v) is 3.99. The lowest BCUT2D eigenvalue weighted by atomic mass is 10.7. The van der Waals surface area contributed by atoms with Gasteiger partial charge in [0, 0.05) is 6.54 Å². The van der Waals surface area contributed by atoms with E-state index in [0.29, 0.717) is 0 Å². The Bertz CT molecular complexity index is 484. The number of carbonyl (C=O) groups is 1. The van der Waals surface area contributed by atoms with Crippen LogP contribution in [-0.4, -0.2) is 39.3 Å². The Morgan fingerprint density at radius 2 is 2.24 bits per heavy atom.